The van der Waals surface area contributed by atoms with Crippen molar-refractivity contribution in [1.29, 1.82) is 0 Å². The highest BCUT2D eigenvalue weighted by molar-refractivity contribution is 7.10. The minimum absolute atomic E-state index is 0.0811. The highest BCUT2D eigenvalue weighted by Gasteiger charge is 2.35. The fourth-order valence-electron chi connectivity index (χ4n) is 5.03. The van der Waals surface area contributed by atoms with Gasteiger partial charge in [-0.2, -0.15) is 0 Å². The maximum Gasteiger partial charge on any atom is 0.408 e. The standard InChI is InChI=1S/C27H26N2O5S/c30-25(29-13-5-7-17(15-29)26(31)32)24(23-12-6-14-35-23)28-27(33)34-16-22-20-10-3-1-8-18(20)19-9-2-4-11-21(19)22/h1-4,6,8-12,14,17,22,24H,5,7,13,15-16H2,(H,28,33)(H,31,32)/t17-,24?/m1/s1. The molecule has 180 valence electrons. The maximum atomic E-state index is 13.4. The van der Waals surface area contributed by atoms with Crippen molar-refractivity contribution in [1.82, 2.24) is 10.2 Å². The number of carbonyl (C=O) groups excluding carboxylic acids is 2. The van der Waals surface area contributed by atoms with Gasteiger partial charge in [0.1, 0.15) is 12.6 Å². The van der Waals surface area contributed by atoms with Crippen molar-refractivity contribution in [3.8, 4) is 11.1 Å². The van der Waals surface area contributed by atoms with Crippen LogP contribution in [0.4, 0.5) is 4.79 Å². The number of hydrogen-bond acceptors (Lipinski definition) is 5. The molecule has 0 bridgehead atoms. The molecule has 1 aliphatic carbocycles. The van der Waals surface area contributed by atoms with Gasteiger partial charge < -0.3 is 20.1 Å². The Morgan fingerprint density at radius 1 is 1.03 bits per heavy atom. The van der Waals surface area contributed by atoms with E-state index in [1.165, 1.54) is 16.2 Å². The lowest BCUT2D eigenvalue weighted by atomic mass is 9.97. The molecule has 35 heavy (non-hydrogen) atoms. The van der Waals surface area contributed by atoms with E-state index in [0.29, 0.717) is 24.3 Å². The molecule has 1 aromatic heterocycles. The summed E-state index contributed by atoms with van der Waals surface area (Å²) in [5.41, 5.74) is 4.50. The Bertz CT molecular complexity index is 1200. The van der Waals surface area contributed by atoms with E-state index >= 15 is 0 Å². The van der Waals surface area contributed by atoms with E-state index in [0.717, 1.165) is 22.3 Å². The summed E-state index contributed by atoms with van der Waals surface area (Å²) in [5.74, 6) is -1.89. The molecule has 1 aliphatic heterocycles. The number of thiophene rings is 1. The zero-order valence-electron chi connectivity index (χ0n) is 19.1. The third-order valence-corrected chi connectivity index (χ3v) is 7.70. The number of rotatable bonds is 6. The topological polar surface area (TPSA) is 95.9 Å². The van der Waals surface area contributed by atoms with Gasteiger partial charge in [0.15, 0.2) is 0 Å². The van der Waals surface area contributed by atoms with Crippen molar-refractivity contribution in [3.05, 3.63) is 82.0 Å². The van der Waals surface area contributed by atoms with Crippen molar-refractivity contribution < 1.29 is 24.2 Å². The van der Waals surface area contributed by atoms with Crippen LogP contribution in [0.3, 0.4) is 0 Å². The number of carboxylic acids is 1. The molecule has 2 amide bonds. The van der Waals surface area contributed by atoms with Crippen molar-refractivity contribution in [2.45, 2.75) is 24.8 Å². The first-order valence-corrected chi connectivity index (χ1v) is 12.6. The summed E-state index contributed by atoms with van der Waals surface area (Å²) in [6.45, 7) is 0.759. The van der Waals surface area contributed by atoms with E-state index in [9.17, 15) is 19.5 Å². The van der Waals surface area contributed by atoms with Crippen LogP contribution in [-0.4, -0.2) is 47.7 Å². The third kappa shape index (κ3) is 4.66. The smallest absolute Gasteiger partial charge is 0.408 e. The maximum absolute atomic E-state index is 13.4. The molecule has 1 saturated heterocycles. The molecule has 1 unspecified atom stereocenters. The lowest BCUT2D eigenvalue weighted by molar-refractivity contribution is -0.146. The van der Waals surface area contributed by atoms with Crippen LogP contribution in [-0.2, 0) is 14.3 Å². The summed E-state index contributed by atoms with van der Waals surface area (Å²) in [6, 6.07) is 18.9. The van der Waals surface area contributed by atoms with E-state index < -0.39 is 24.0 Å². The number of amides is 2. The number of carbonyl (C=O) groups is 3. The first kappa shape index (κ1) is 23.1. The minimum Gasteiger partial charge on any atom is -0.481 e. The normalized spacial score (nSPS) is 17.8. The molecule has 2 heterocycles. The van der Waals surface area contributed by atoms with Gasteiger partial charge in [0, 0.05) is 23.9 Å². The van der Waals surface area contributed by atoms with E-state index in [2.05, 4.69) is 29.6 Å². The van der Waals surface area contributed by atoms with Gasteiger partial charge in [-0.05, 0) is 46.5 Å². The summed E-state index contributed by atoms with van der Waals surface area (Å²) in [7, 11) is 0. The van der Waals surface area contributed by atoms with Crippen LogP contribution < -0.4 is 5.32 Å². The van der Waals surface area contributed by atoms with Gasteiger partial charge in [0.05, 0.1) is 5.92 Å². The van der Waals surface area contributed by atoms with E-state index in [1.54, 1.807) is 6.07 Å². The fraction of sp³-hybridized carbons (Fsp3) is 0.296. The molecule has 7 nitrogen and oxygen atoms in total. The van der Waals surface area contributed by atoms with Crippen LogP contribution in [0.2, 0.25) is 0 Å². The molecule has 0 saturated carbocycles. The van der Waals surface area contributed by atoms with Crippen molar-refractivity contribution >= 4 is 29.3 Å². The SMILES string of the molecule is O=C(NC(C(=O)N1CCC[C@@H](C(=O)O)C1)c1cccs1)OCC1c2ccccc2-c2ccccc21. The Balaban J connectivity index is 1.29. The summed E-state index contributed by atoms with van der Waals surface area (Å²) in [5, 5.41) is 14.0. The Kier molecular flexibility index (Phi) is 6.55. The zero-order chi connectivity index (χ0) is 24.4. The van der Waals surface area contributed by atoms with Crippen LogP contribution in [0.5, 0.6) is 0 Å². The number of carboxylic acid groups (broad SMARTS) is 1. The van der Waals surface area contributed by atoms with Gasteiger partial charge in [-0.15, -0.1) is 11.3 Å². The number of hydrogen-bond donors (Lipinski definition) is 2. The summed E-state index contributed by atoms with van der Waals surface area (Å²) in [6.07, 6.45) is 0.485. The summed E-state index contributed by atoms with van der Waals surface area (Å²) in [4.78, 5) is 39.9. The molecule has 0 radical (unpaired) electrons. The second-order valence-electron chi connectivity index (χ2n) is 8.88. The Morgan fingerprint density at radius 3 is 2.34 bits per heavy atom. The van der Waals surface area contributed by atoms with Crippen molar-refractivity contribution in [3.63, 3.8) is 0 Å². The van der Waals surface area contributed by atoms with Gasteiger partial charge >= 0.3 is 12.1 Å². The first-order valence-electron chi connectivity index (χ1n) is 11.7. The van der Waals surface area contributed by atoms with Crippen LogP contribution in [0, 0.1) is 5.92 Å². The monoisotopic (exact) mass is 490 g/mol. The zero-order valence-corrected chi connectivity index (χ0v) is 19.9. The minimum atomic E-state index is -0.918. The fourth-order valence-corrected chi connectivity index (χ4v) is 5.80. The number of nitrogens with zero attached hydrogens (tertiary/aromatic N) is 1. The number of benzene rings is 2. The quantitative estimate of drug-likeness (QED) is 0.524. The molecule has 0 spiro atoms. The van der Waals surface area contributed by atoms with Gasteiger partial charge in [-0.3, -0.25) is 9.59 Å². The molecule has 8 heteroatoms. The van der Waals surface area contributed by atoms with E-state index in [1.807, 2.05) is 35.7 Å². The number of nitrogens with one attached hydrogen (secondary N) is 1. The number of piperidine rings is 1. The summed E-state index contributed by atoms with van der Waals surface area (Å²) >= 11 is 1.36. The van der Waals surface area contributed by atoms with Crippen LogP contribution >= 0.6 is 11.3 Å². The van der Waals surface area contributed by atoms with Gasteiger partial charge in [-0.1, -0.05) is 54.6 Å². The first-order chi connectivity index (χ1) is 17.0. The van der Waals surface area contributed by atoms with Gasteiger partial charge in [0.2, 0.25) is 0 Å². The second-order valence-corrected chi connectivity index (χ2v) is 9.86. The molecular weight excluding hydrogens is 464 g/mol. The predicted molar refractivity (Wildman–Crippen MR) is 132 cm³/mol. The number of ether oxygens (including phenoxy) is 1. The number of likely N-dealkylation sites (tertiary alicyclic amines) is 1. The van der Waals surface area contributed by atoms with E-state index in [-0.39, 0.29) is 25.0 Å². The number of fused-ring (bicyclic) bond motifs is 3. The van der Waals surface area contributed by atoms with Crippen LogP contribution in [0.25, 0.3) is 11.1 Å². The molecular formula is C27H26N2O5S. The van der Waals surface area contributed by atoms with Gasteiger partial charge in [0.25, 0.3) is 5.91 Å². The third-order valence-electron chi connectivity index (χ3n) is 6.76. The molecule has 2 N–H and O–H groups in total. The van der Waals surface area contributed by atoms with E-state index in [4.69, 9.17) is 4.74 Å². The highest BCUT2D eigenvalue weighted by Crippen LogP contribution is 2.44. The predicted octanol–water partition coefficient (Wildman–Crippen LogP) is 4.65. The molecule has 2 aliphatic rings. The largest absolute Gasteiger partial charge is 0.481 e. The lowest BCUT2D eigenvalue weighted by Gasteiger charge is -2.33. The van der Waals surface area contributed by atoms with Crippen LogP contribution in [0.1, 0.15) is 40.8 Å². The summed E-state index contributed by atoms with van der Waals surface area (Å²) < 4.78 is 5.65. The van der Waals surface area contributed by atoms with Gasteiger partial charge in [-0.25, -0.2) is 4.79 Å². The molecule has 2 aromatic carbocycles. The highest BCUT2D eigenvalue weighted by atomic mass is 32.1. The van der Waals surface area contributed by atoms with Crippen molar-refractivity contribution in [2.24, 2.45) is 5.92 Å². The average molecular weight is 491 g/mol. The molecule has 2 atom stereocenters. The molecule has 5 rings (SSSR count). The Hall–Kier alpha value is -3.65. The van der Waals surface area contributed by atoms with Crippen LogP contribution in [0.15, 0.2) is 66.0 Å². The van der Waals surface area contributed by atoms with Crippen molar-refractivity contribution in [2.75, 3.05) is 19.7 Å². The lowest BCUT2D eigenvalue weighted by Crippen LogP contribution is -2.48. The Labute approximate surface area is 207 Å². The number of aliphatic carboxylic acids is 1. The molecule has 1 fully saturated rings. The number of alkyl carbamates (subject to hydrolysis) is 1. The second kappa shape index (κ2) is 9.92. The average Bonchev–Trinajstić information content (AvgIpc) is 3.52. The Morgan fingerprint density at radius 2 is 1.71 bits per heavy atom. The molecule has 3 aromatic rings.